The third-order valence-corrected chi connectivity index (χ3v) is 4.00. The van der Waals surface area contributed by atoms with Crippen LogP contribution in [-0.4, -0.2) is 35.1 Å². The molecule has 0 saturated carbocycles. The summed E-state index contributed by atoms with van der Waals surface area (Å²) in [5.74, 6) is -1.45. The van der Waals surface area contributed by atoms with E-state index in [9.17, 15) is 18.0 Å². The molecule has 1 aliphatic rings. The molecule has 1 saturated heterocycles. The number of piperidine rings is 1. The predicted octanol–water partition coefficient (Wildman–Crippen LogP) is 2.88. The van der Waals surface area contributed by atoms with Crippen LogP contribution in [0.1, 0.15) is 25.5 Å². The Morgan fingerprint density at radius 2 is 2.35 bits per heavy atom. The van der Waals surface area contributed by atoms with Crippen LogP contribution in [0.3, 0.4) is 0 Å². The van der Waals surface area contributed by atoms with Crippen LogP contribution in [0.5, 0.6) is 0 Å². The highest BCUT2D eigenvalue weighted by Gasteiger charge is 2.41. The zero-order valence-electron chi connectivity index (χ0n) is 11.0. The number of alkyl halides is 3. The summed E-state index contributed by atoms with van der Waals surface area (Å²) in [5, 5.41) is 4.81. The number of anilines is 1. The molecule has 0 spiro atoms. The van der Waals surface area contributed by atoms with Gasteiger partial charge in [0.2, 0.25) is 5.91 Å². The molecular formula is C12H16F3N3OS. The highest BCUT2D eigenvalue weighted by Crippen LogP contribution is 2.33. The van der Waals surface area contributed by atoms with Gasteiger partial charge in [0, 0.05) is 25.4 Å². The van der Waals surface area contributed by atoms with Gasteiger partial charge in [-0.15, -0.1) is 11.3 Å². The minimum Gasteiger partial charge on any atom is -0.302 e. The highest BCUT2D eigenvalue weighted by molar-refractivity contribution is 7.13. The van der Waals surface area contributed by atoms with E-state index >= 15 is 0 Å². The van der Waals surface area contributed by atoms with Gasteiger partial charge in [-0.2, -0.15) is 13.2 Å². The lowest BCUT2D eigenvalue weighted by Crippen LogP contribution is -2.41. The fraction of sp³-hybridized carbons (Fsp3) is 0.667. The Hall–Kier alpha value is -1.15. The predicted molar refractivity (Wildman–Crippen MR) is 70.5 cm³/mol. The van der Waals surface area contributed by atoms with E-state index in [2.05, 4.69) is 10.3 Å². The van der Waals surface area contributed by atoms with E-state index in [1.807, 2.05) is 0 Å². The molecular weight excluding hydrogens is 291 g/mol. The van der Waals surface area contributed by atoms with Gasteiger partial charge in [-0.1, -0.05) is 0 Å². The number of nitrogens with zero attached hydrogens (tertiary/aromatic N) is 2. The first-order chi connectivity index (χ1) is 9.34. The van der Waals surface area contributed by atoms with E-state index in [0.29, 0.717) is 30.3 Å². The maximum Gasteiger partial charge on any atom is 0.393 e. The Labute approximate surface area is 119 Å². The summed E-state index contributed by atoms with van der Waals surface area (Å²) in [6.45, 7) is 2.46. The number of rotatable bonds is 3. The number of aromatic nitrogens is 1. The van der Waals surface area contributed by atoms with Gasteiger partial charge >= 0.3 is 6.18 Å². The Bertz CT molecular complexity index is 475. The molecule has 1 amide bonds. The van der Waals surface area contributed by atoms with Crippen molar-refractivity contribution >= 4 is 22.4 Å². The molecule has 1 aromatic heterocycles. The fourth-order valence-corrected chi connectivity index (χ4v) is 3.03. The molecule has 0 radical (unpaired) electrons. The Morgan fingerprint density at radius 1 is 1.60 bits per heavy atom. The van der Waals surface area contributed by atoms with Crippen LogP contribution >= 0.6 is 11.3 Å². The molecule has 1 N–H and O–H groups in total. The summed E-state index contributed by atoms with van der Waals surface area (Å²) >= 11 is 1.28. The average molecular weight is 307 g/mol. The Morgan fingerprint density at radius 3 is 3.00 bits per heavy atom. The average Bonchev–Trinajstić information content (AvgIpc) is 2.75. The van der Waals surface area contributed by atoms with Crippen LogP contribution in [0.2, 0.25) is 0 Å². The third-order valence-electron chi connectivity index (χ3n) is 3.19. The number of nitrogens with one attached hydrogen (secondary N) is 1. The van der Waals surface area contributed by atoms with Crippen molar-refractivity contribution in [3.8, 4) is 0 Å². The van der Waals surface area contributed by atoms with E-state index < -0.39 is 12.1 Å². The van der Waals surface area contributed by atoms with Crippen molar-refractivity contribution < 1.29 is 18.0 Å². The second-order valence-electron chi connectivity index (χ2n) is 4.94. The summed E-state index contributed by atoms with van der Waals surface area (Å²) in [7, 11) is 0. The lowest BCUT2D eigenvalue weighted by molar-refractivity contribution is -0.187. The first kappa shape index (κ1) is 15.2. The number of hydrogen-bond acceptors (Lipinski definition) is 4. The number of hydrogen-bond donors (Lipinski definition) is 1. The zero-order valence-corrected chi connectivity index (χ0v) is 11.9. The van der Waals surface area contributed by atoms with E-state index in [1.165, 1.54) is 18.3 Å². The topological polar surface area (TPSA) is 45.2 Å². The largest absolute Gasteiger partial charge is 0.393 e. The van der Waals surface area contributed by atoms with Gasteiger partial charge < -0.3 is 5.32 Å². The van der Waals surface area contributed by atoms with Crippen molar-refractivity contribution in [3.05, 3.63) is 11.1 Å². The minimum absolute atomic E-state index is 0.0243. The van der Waals surface area contributed by atoms with Crippen LogP contribution in [0.4, 0.5) is 18.3 Å². The van der Waals surface area contributed by atoms with Crippen LogP contribution in [0.15, 0.2) is 5.38 Å². The molecule has 20 heavy (non-hydrogen) atoms. The molecule has 1 fully saturated rings. The van der Waals surface area contributed by atoms with Gasteiger partial charge in [0.15, 0.2) is 5.13 Å². The number of amides is 1. The highest BCUT2D eigenvalue weighted by atomic mass is 32.1. The van der Waals surface area contributed by atoms with Crippen molar-refractivity contribution in [3.63, 3.8) is 0 Å². The fourth-order valence-electron chi connectivity index (χ4n) is 2.28. The number of likely N-dealkylation sites (tertiary alicyclic amines) is 1. The second kappa shape index (κ2) is 6.09. The summed E-state index contributed by atoms with van der Waals surface area (Å²) in [6, 6.07) is 0. The smallest absolute Gasteiger partial charge is 0.302 e. The number of carbonyl (C=O) groups excluding carboxylic acids is 1. The van der Waals surface area contributed by atoms with Crippen LogP contribution in [-0.2, 0) is 11.3 Å². The SMILES string of the molecule is CC(=O)Nc1nc(CN2CCC[C@@H](C(F)(F)F)C2)cs1. The maximum absolute atomic E-state index is 12.7. The lowest BCUT2D eigenvalue weighted by atomic mass is 9.97. The van der Waals surface area contributed by atoms with Crippen LogP contribution in [0, 0.1) is 5.92 Å². The molecule has 2 rings (SSSR count). The lowest BCUT2D eigenvalue weighted by Gasteiger charge is -2.33. The van der Waals surface area contributed by atoms with E-state index in [4.69, 9.17) is 0 Å². The van der Waals surface area contributed by atoms with Gasteiger partial charge in [-0.25, -0.2) is 4.98 Å². The van der Waals surface area contributed by atoms with Crippen molar-refractivity contribution in [2.24, 2.45) is 5.92 Å². The van der Waals surface area contributed by atoms with Gasteiger partial charge in [-0.3, -0.25) is 9.69 Å². The minimum atomic E-state index is -4.12. The van der Waals surface area contributed by atoms with E-state index in [-0.39, 0.29) is 18.9 Å². The molecule has 8 heteroatoms. The first-order valence-electron chi connectivity index (χ1n) is 6.35. The molecule has 0 aliphatic carbocycles. The molecule has 0 bridgehead atoms. The number of halogens is 3. The number of carbonyl (C=O) groups is 1. The van der Waals surface area contributed by atoms with Crippen LogP contribution < -0.4 is 5.32 Å². The Balaban J connectivity index is 1.92. The van der Waals surface area contributed by atoms with Crippen molar-refractivity contribution in [1.82, 2.24) is 9.88 Å². The first-order valence-corrected chi connectivity index (χ1v) is 7.23. The molecule has 1 aromatic rings. The zero-order chi connectivity index (χ0) is 14.8. The Kier molecular flexibility index (Phi) is 4.64. The monoisotopic (exact) mass is 307 g/mol. The number of thiazole rings is 1. The summed E-state index contributed by atoms with van der Waals surface area (Å²) in [4.78, 5) is 16.9. The molecule has 1 aliphatic heterocycles. The molecule has 0 aromatic carbocycles. The van der Waals surface area contributed by atoms with E-state index in [1.54, 1.807) is 10.3 Å². The van der Waals surface area contributed by atoms with Crippen LogP contribution in [0.25, 0.3) is 0 Å². The normalized spacial score (nSPS) is 20.9. The summed E-state index contributed by atoms with van der Waals surface area (Å²) in [6.07, 6.45) is -3.37. The molecule has 112 valence electrons. The summed E-state index contributed by atoms with van der Waals surface area (Å²) < 4.78 is 38.1. The van der Waals surface area contributed by atoms with Gasteiger partial charge in [0.25, 0.3) is 0 Å². The molecule has 4 nitrogen and oxygen atoms in total. The van der Waals surface area contributed by atoms with Crippen molar-refractivity contribution in [2.75, 3.05) is 18.4 Å². The third kappa shape index (κ3) is 4.17. The molecule has 0 unspecified atom stereocenters. The van der Waals surface area contributed by atoms with Gasteiger partial charge in [-0.05, 0) is 19.4 Å². The standard InChI is InChI=1S/C12H16F3N3OS/c1-8(19)16-11-17-10(7-20-11)6-18-4-2-3-9(5-18)12(13,14)15/h7,9H,2-6H2,1H3,(H,16,17,19)/t9-/m1/s1. The maximum atomic E-state index is 12.7. The van der Waals surface area contributed by atoms with E-state index in [0.717, 1.165) is 0 Å². The van der Waals surface area contributed by atoms with Gasteiger partial charge in [0.1, 0.15) is 0 Å². The van der Waals surface area contributed by atoms with Gasteiger partial charge in [0.05, 0.1) is 11.6 Å². The molecule has 2 heterocycles. The summed E-state index contributed by atoms with van der Waals surface area (Å²) in [5.41, 5.74) is 0.696. The second-order valence-corrected chi connectivity index (χ2v) is 5.80. The van der Waals surface area contributed by atoms with Crippen molar-refractivity contribution in [2.45, 2.75) is 32.5 Å². The molecule has 1 atom stereocenters. The quantitative estimate of drug-likeness (QED) is 0.934. The van der Waals surface area contributed by atoms with Crippen molar-refractivity contribution in [1.29, 1.82) is 0 Å².